The van der Waals surface area contributed by atoms with E-state index in [1.165, 1.54) is 24.3 Å². The Labute approximate surface area is 217 Å². The number of benzene rings is 2. The first-order valence-electron chi connectivity index (χ1n) is 10.5. The number of thiazole rings is 1. The van der Waals surface area contributed by atoms with Gasteiger partial charge in [-0.3, -0.25) is 9.59 Å². The van der Waals surface area contributed by atoms with Crippen LogP contribution in [0, 0.1) is 5.92 Å². The summed E-state index contributed by atoms with van der Waals surface area (Å²) >= 11 is 13.3. The third-order valence-electron chi connectivity index (χ3n) is 4.78. The van der Waals surface area contributed by atoms with Gasteiger partial charge in [0.2, 0.25) is 5.78 Å². The molecule has 0 bridgehead atoms. The zero-order valence-corrected chi connectivity index (χ0v) is 22.0. The monoisotopic (exact) mass is 555 g/mol. The highest BCUT2D eigenvalue weighted by molar-refractivity contribution is 7.92. The Hall–Kier alpha value is -2.66. The molecule has 0 aliphatic rings. The summed E-state index contributed by atoms with van der Waals surface area (Å²) in [5, 5.41) is 3.70. The number of nitrogens with two attached hydrogens (primary N) is 1. The van der Waals surface area contributed by atoms with Gasteiger partial charge in [-0.2, -0.15) is 0 Å². The summed E-state index contributed by atoms with van der Waals surface area (Å²) in [6, 6.07) is 10.5. The summed E-state index contributed by atoms with van der Waals surface area (Å²) < 4.78 is 30.0. The molecule has 1 heterocycles. The molecule has 186 valence electrons. The Bertz CT molecular complexity index is 1320. The topological polar surface area (TPSA) is 128 Å². The molecule has 12 heteroatoms. The van der Waals surface area contributed by atoms with Crippen LogP contribution in [0.2, 0.25) is 10.0 Å². The van der Waals surface area contributed by atoms with E-state index in [9.17, 15) is 18.0 Å². The van der Waals surface area contributed by atoms with Crippen molar-refractivity contribution in [3.05, 3.63) is 63.0 Å². The highest BCUT2D eigenvalue weighted by atomic mass is 35.5. The predicted octanol–water partition coefficient (Wildman–Crippen LogP) is 5.37. The minimum atomic E-state index is -3.86. The van der Waals surface area contributed by atoms with E-state index in [0.29, 0.717) is 23.2 Å². The molecule has 0 unspecified atom stereocenters. The van der Waals surface area contributed by atoms with Gasteiger partial charge in [-0.05, 0) is 48.7 Å². The molecule has 0 fully saturated rings. The maximum absolute atomic E-state index is 12.9. The molecule has 35 heavy (non-hydrogen) atoms. The fraction of sp³-hybridized carbons (Fsp3) is 0.261. The van der Waals surface area contributed by atoms with Crippen molar-refractivity contribution in [3.63, 3.8) is 0 Å². The maximum Gasteiger partial charge on any atom is 0.321 e. The van der Waals surface area contributed by atoms with Crippen molar-refractivity contribution in [3.8, 4) is 0 Å². The molecule has 1 aromatic heterocycles. The molecule has 0 atom stereocenters. The Morgan fingerprint density at radius 1 is 1.11 bits per heavy atom. The molecule has 0 spiro atoms. The lowest BCUT2D eigenvalue weighted by atomic mass is 10.1. The Balaban J connectivity index is 1.69. The molecule has 0 aliphatic carbocycles. The highest BCUT2D eigenvalue weighted by Crippen LogP contribution is 2.34. The molecule has 0 aliphatic heterocycles. The number of nitrogen functional groups attached to an aromatic ring is 1. The number of hydrogen-bond donors (Lipinski definition) is 2. The van der Waals surface area contributed by atoms with Crippen molar-refractivity contribution in [2.24, 2.45) is 5.92 Å². The van der Waals surface area contributed by atoms with Gasteiger partial charge in [0, 0.05) is 5.69 Å². The van der Waals surface area contributed by atoms with Crippen LogP contribution in [0.1, 0.15) is 35.5 Å². The van der Waals surface area contributed by atoms with E-state index in [4.69, 9.17) is 33.7 Å². The molecular formula is C23H23Cl2N3O5S2. The van der Waals surface area contributed by atoms with Crippen LogP contribution in [0.15, 0.2) is 47.4 Å². The number of anilines is 3. The first-order chi connectivity index (χ1) is 16.5. The summed E-state index contributed by atoms with van der Waals surface area (Å²) in [5.41, 5.74) is 6.58. The van der Waals surface area contributed by atoms with Crippen LogP contribution in [-0.4, -0.2) is 37.5 Å². The SMILES string of the molecule is CC(C)CCOC(=O)CS(=O)(=O)c1ccc(Nc2nc(N)c(C(=O)c3c(Cl)cccc3Cl)s2)cc1. The van der Waals surface area contributed by atoms with Gasteiger partial charge in [0.15, 0.2) is 20.7 Å². The van der Waals surface area contributed by atoms with Crippen LogP contribution in [0.5, 0.6) is 0 Å². The average molecular weight is 556 g/mol. The molecule has 3 N–H and O–H groups in total. The molecule has 8 nitrogen and oxygen atoms in total. The van der Waals surface area contributed by atoms with Crippen LogP contribution < -0.4 is 11.1 Å². The number of aromatic nitrogens is 1. The van der Waals surface area contributed by atoms with Crippen molar-refractivity contribution in [1.29, 1.82) is 0 Å². The number of rotatable bonds is 10. The number of carbonyl (C=O) groups is 2. The number of ketones is 1. The second kappa shape index (κ2) is 11.4. The quantitative estimate of drug-likeness (QED) is 0.252. The molecule has 0 saturated carbocycles. The number of sulfone groups is 1. The van der Waals surface area contributed by atoms with Crippen LogP contribution in [0.3, 0.4) is 0 Å². The summed E-state index contributed by atoms with van der Waals surface area (Å²) in [7, 11) is -3.86. The van der Waals surface area contributed by atoms with Crippen molar-refractivity contribution >= 4 is 72.8 Å². The number of hydrogen-bond acceptors (Lipinski definition) is 9. The van der Waals surface area contributed by atoms with Gasteiger partial charge in [0.25, 0.3) is 0 Å². The van der Waals surface area contributed by atoms with E-state index in [2.05, 4.69) is 10.3 Å². The van der Waals surface area contributed by atoms with Crippen molar-refractivity contribution in [2.75, 3.05) is 23.4 Å². The largest absolute Gasteiger partial charge is 0.465 e. The summed E-state index contributed by atoms with van der Waals surface area (Å²) in [5.74, 6) is -1.63. The van der Waals surface area contributed by atoms with Gasteiger partial charge >= 0.3 is 5.97 Å². The van der Waals surface area contributed by atoms with Gasteiger partial charge in [-0.15, -0.1) is 0 Å². The molecule has 3 rings (SSSR count). The minimum Gasteiger partial charge on any atom is -0.465 e. The number of ether oxygens (including phenoxy) is 1. The van der Waals surface area contributed by atoms with Crippen molar-refractivity contribution in [1.82, 2.24) is 4.98 Å². The van der Waals surface area contributed by atoms with Crippen LogP contribution >= 0.6 is 34.5 Å². The Morgan fingerprint density at radius 3 is 2.34 bits per heavy atom. The average Bonchev–Trinajstić information content (AvgIpc) is 3.13. The Morgan fingerprint density at radius 2 is 1.74 bits per heavy atom. The van der Waals surface area contributed by atoms with Gasteiger partial charge < -0.3 is 15.8 Å². The number of esters is 1. The predicted molar refractivity (Wildman–Crippen MR) is 139 cm³/mol. The first kappa shape index (κ1) is 26.9. The number of nitrogens with zero attached hydrogens (tertiary/aromatic N) is 1. The normalized spacial score (nSPS) is 11.5. The second-order valence-corrected chi connectivity index (χ2v) is 11.8. The standard InChI is InChI=1S/C23H23Cl2N3O5S2/c1-13(2)10-11-33-18(29)12-35(31,32)15-8-6-14(7-9-15)27-23-28-22(26)21(34-23)20(30)19-16(24)4-3-5-17(19)25/h3-9,13H,10-12,26H2,1-2H3,(H,27,28). The van der Waals surface area contributed by atoms with E-state index < -0.39 is 27.3 Å². The van der Waals surface area contributed by atoms with Crippen LogP contribution in [0.25, 0.3) is 0 Å². The van der Waals surface area contributed by atoms with E-state index in [1.54, 1.807) is 18.2 Å². The van der Waals surface area contributed by atoms with Gasteiger partial charge in [0.05, 0.1) is 27.1 Å². The lowest BCUT2D eigenvalue weighted by Gasteiger charge is -2.08. The Kier molecular flexibility index (Phi) is 8.76. The van der Waals surface area contributed by atoms with Gasteiger partial charge in [-0.25, -0.2) is 13.4 Å². The molecular weight excluding hydrogens is 533 g/mol. The summed E-state index contributed by atoms with van der Waals surface area (Å²) in [4.78, 5) is 29.1. The third kappa shape index (κ3) is 6.94. The molecule has 3 aromatic rings. The summed E-state index contributed by atoms with van der Waals surface area (Å²) in [6.45, 7) is 4.14. The minimum absolute atomic E-state index is 0.00802. The van der Waals surface area contributed by atoms with Crippen LogP contribution in [-0.2, 0) is 19.4 Å². The first-order valence-corrected chi connectivity index (χ1v) is 13.7. The van der Waals surface area contributed by atoms with E-state index >= 15 is 0 Å². The second-order valence-electron chi connectivity index (χ2n) is 7.97. The summed E-state index contributed by atoms with van der Waals surface area (Å²) in [6.07, 6.45) is 0.659. The molecule has 0 saturated heterocycles. The fourth-order valence-electron chi connectivity index (χ4n) is 2.93. The lowest BCUT2D eigenvalue weighted by molar-refractivity contribution is -0.140. The lowest BCUT2D eigenvalue weighted by Crippen LogP contribution is -2.19. The van der Waals surface area contributed by atoms with E-state index in [-0.39, 0.29) is 37.8 Å². The fourth-order valence-corrected chi connectivity index (χ4v) is 5.47. The molecule has 0 amide bonds. The van der Waals surface area contributed by atoms with Gasteiger partial charge in [0.1, 0.15) is 10.7 Å². The van der Waals surface area contributed by atoms with Crippen molar-refractivity contribution in [2.45, 2.75) is 25.2 Å². The smallest absolute Gasteiger partial charge is 0.321 e. The highest BCUT2D eigenvalue weighted by Gasteiger charge is 2.23. The van der Waals surface area contributed by atoms with Crippen LogP contribution in [0.4, 0.5) is 16.6 Å². The van der Waals surface area contributed by atoms with Gasteiger partial charge in [-0.1, -0.05) is 54.5 Å². The van der Waals surface area contributed by atoms with Crippen molar-refractivity contribution < 1.29 is 22.7 Å². The third-order valence-corrected chi connectivity index (χ3v) is 8.00. The molecule has 2 aromatic carbocycles. The van der Waals surface area contributed by atoms with E-state index in [0.717, 1.165) is 11.3 Å². The number of nitrogens with one attached hydrogen (secondary N) is 1. The number of halogens is 2. The molecule has 0 radical (unpaired) electrons. The number of carbonyl (C=O) groups excluding carboxylic acids is 2. The van der Waals surface area contributed by atoms with E-state index in [1.807, 2.05) is 13.8 Å². The zero-order chi connectivity index (χ0) is 25.8. The maximum atomic E-state index is 12.9. The zero-order valence-electron chi connectivity index (χ0n) is 18.9.